The van der Waals surface area contributed by atoms with E-state index in [4.69, 9.17) is 4.43 Å². The molecule has 2 aromatic rings. The first-order valence-corrected chi connectivity index (χ1v) is 10.2. The van der Waals surface area contributed by atoms with Crippen LogP contribution < -0.4 is 5.19 Å². The van der Waals surface area contributed by atoms with E-state index in [1.807, 2.05) is 0 Å². The van der Waals surface area contributed by atoms with E-state index in [9.17, 15) is 0 Å². The van der Waals surface area contributed by atoms with Gasteiger partial charge in [0.25, 0.3) is 0 Å². The summed E-state index contributed by atoms with van der Waals surface area (Å²) in [6, 6.07) is 22.9. The molecule has 0 N–H and O–H groups in total. The summed E-state index contributed by atoms with van der Waals surface area (Å²) in [6.45, 7) is 4.68. The van der Waals surface area contributed by atoms with Gasteiger partial charge >= 0.3 is 0 Å². The van der Waals surface area contributed by atoms with Crippen molar-refractivity contribution < 1.29 is 4.43 Å². The zero-order chi connectivity index (χ0) is 14.7. The maximum Gasteiger partial charge on any atom is 0.227 e. The maximum absolute atomic E-state index is 6.85. The Morgan fingerprint density at radius 1 is 0.952 bits per heavy atom. The first kappa shape index (κ1) is 14.5. The number of rotatable bonds is 3. The molecule has 1 heterocycles. The summed E-state index contributed by atoms with van der Waals surface area (Å²) >= 11 is 0. The zero-order valence-electron chi connectivity index (χ0n) is 13.0. The van der Waals surface area contributed by atoms with Crippen LogP contribution in [0.15, 0.2) is 60.7 Å². The maximum atomic E-state index is 6.85. The molecule has 2 atom stereocenters. The van der Waals surface area contributed by atoms with Crippen LogP contribution in [0.2, 0.25) is 11.6 Å². The summed E-state index contributed by atoms with van der Waals surface area (Å²) in [7, 11) is -1.88. The molecule has 1 nitrogen and oxygen atoms in total. The van der Waals surface area contributed by atoms with Gasteiger partial charge in [-0.2, -0.15) is 0 Å². The molecular weight excluding hydrogens is 272 g/mol. The summed E-state index contributed by atoms with van der Waals surface area (Å²) in [5.41, 5.74) is 1.94. The average molecular weight is 296 g/mol. The third-order valence-corrected chi connectivity index (χ3v) is 9.71. The lowest BCUT2D eigenvalue weighted by atomic mass is 10.1. The highest BCUT2D eigenvalue weighted by molar-refractivity contribution is 6.87. The van der Waals surface area contributed by atoms with Crippen LogP contribution in [0.4, 0.5) is 0 Å². The van der Waals surface area contributed by atoms with E-state index in [-0.39, 0.29) is 6.10 Å². The molecule has 0 amide bonds. The fourth-order valence-corrected chi connectivity index (χ4v) is 7.82. The van der Waals surface area contributed by atoms with Gasteiger partial charge in [-0.15, -0.1) is 0 Å². The number of hydrogen-bond acceptors (Lipinski definition) is 1. The van der Waals surface area contributed by atoms with E-state index in [0.717, 1.165) is 6.42 Å². The Labute approximate surface area is 129 Å². The minimum absolute atomic E-state index is 0.272. The van der Waals surface area contributed by atoms with E-state index in [1.54, 1.807) is 0 Å². The lowest BCUT2D eigenvalue weighted by Crippen LogP contribution is -2.55. The summed E-state index contributed by atoms with van der Waals surface area (Å²) in [5.74, 6) is 0. The van der Waals surface area contributed by atoms with Gasteiger partial charge in [-0.1, -0.05) is 80.9 Å². The minimum atomic E-state index is -1.88. The van der Waals surface area contributed by atoms with Crippen molar-refractivity contribution in [2.75, 3.05) is 0 Å². The quantitative estimate of drug-likeness (QED) is 0.739. The van der Waals surface area contributed by atoms with Crippen LogP contribution in [0.3, 0.4) is 0 Å². The Morgan fingerprint density at radius 3 is 2.19 bits per heavy atom. The lowest BCUT2D eigenvalue weighted by molar-refractivity contribution is 0.160. The molecular formula is C19H24OSi. The highest BCUT2D eigenvalue weighted by atomic mass is 28.4. The Morgan fingerprint density at radius 2 is 1.57 bits per heavy atom. The van der Waals surface area contributed by atoms with Gasteiger partial charge in [0.15, 0.2) is 0 Å². The van der Waals surface area contributed by atoms with Gasteiger partial charge in [0, 0.05) is 0 Å². The van der Waals surface area contributed by atoms with Crippen molar-refractivity contribution in [3.8, 4) is 0 Å². The Kier molecular flexibility index (Phi) is 4.27. The number of benzene rings is 2. The van der Waals surface area contributed by atoms with Gasteiger partial charge in [-0.05, 0) is 28.8 Å². The molecule has 2 aromatic carbocycles. The third kappa shape index (κ3) is 2.83. The van der Waals surface area contributed by atoms with Crippen LogP contribution in [0.1, 0.15) is 38.4 Å². The highest BCUT2D eigenvalue weighted by Crippen LogP contribution is 2.40. The predicted molar refractivity (Wildman–Crippen MR) is 91.2 cm³/mol. The molecule has 1 aliphatic heterocycles. The smallest absolute Gasteiger partial charge is 0.227 e. The van der Waals surface area contributed by atoms with Crippen molar-refractivity contribution in [1.82, 2.24) is 0 Å². The van der Waals surface area contributed by atoms with Crippen LogP contribution in [0, 0.1) is 0 Å². The van der Waals surface area contributed by atoms with Gasteiger partial charge in [-0.3, -0.25) is 0 Å². The van der Waals surface area contributed by atoms with Gasteiger partial charge in [-0.25, -0.2) is 0 Å². The standard InChI is InChI=1S/C19H24OSi/c1-16(2)21(18-12-7-4-8-13-18)15-9-14-19(20-21)17-10-5-3-6-11-17/h3-8,10-13,16,19H,9,14-15H2,1-2H3. The van der Waals surface area contributed by atoms with Gasteiger partial charge in [0.1, 0.15) is 0 Å². The summed E-state index contributed by atoms with van der Waals surface area (Å²) in [6.07, 6.45) is 2.70. The van der Waals surface area contributed by atoms with Crippen LogP contribution in [0.5, 0.6) is 0 Å². The SMILES string of the molecule is CC(C)[Si]1(c2ccccc2)CCCC(c2ccccc2)O1. The summed E-state index contributed by atoms with van der Waals surface area (Å²) < 4.78 is 6.85. The minimum Gasteiger partial charge on any atom is -0.405 e. The van der Waals surface area contributed by atoms with Crippen molar-refractivity contribution >= 4 is 13.5 Å². The molecule has 0 radical (unpaired) electrons. The fourth-order valence-electron chi connectivity index (χ4n) is 3.51. The first-order valence-electron chi connectivity index (χ1n) is 8.01. The lowest BCUT2D eigenvalue weighted by Gasteiger charge is -2.43. The van der Waals surface area contributed by atoms with Crippen molar-refractivity contribution in [1.29, 1.82) is 0 Å². The molecule has 110 valence electrons. The Hall–Kier alpha value is -1.38. The summed E-state index contributed by atoms with van der Waals surface area (Å²) in [5, 5.41) is 1.46. The molecule has 2 heteroatoms. The van der Waals surface area contributed by atoms with Crippen LogP contribution in [0.25, 0.3) is 0 Å². The zero-order valence-corrected chi connectivity index (χ0v) is 14.0. The van der Waals surface area contributed by atoms with Gasteiger partial charge in [0.2, 0.25) is 8.32 Å². The molecule has 21 heavy (non-hydrogen) atoms. The third-order valence-electron chi connectivity index (χ3n) is 4.73. The van der Waals surface area contributed by atoms with Crippen molar-refractivity contribution in [3.05, 3.63) is 66.2 Å². The van der Waals surface area contributed by atoms with Crippen molar-refractivity contribution in [3.63, 3.8) is 0 Å². The Balaban J connectivity index is 1.95. The molecule has 1 saturated heterocycles. The molecule has 0 spiro atoms. The first-order chi connectivity index (χ1) is 10.2. The molecule has 0 aromatic heterocycles. The van der Waals surface area contributed by atoms with E-state index in [2.05, 4.69) is 74.5 Å². The van der Waals surface area contributed by atoms with Crippen LogP contribution >= 0.6 is 0 Å². The van der Waals surface area contributed by atoms with E-state index in [1.165, 1.54) is 23.2 Å². The second kappa shape index (κ2) is 6.16. The molecule has 1 fully saturated rings. The van der Waals surface area contributed by atoms with E-state index < -0.39 is 8.32 Å². The van der Waals surface area contributed by atoms with E-state index >= 15 is 0 Å². The second-order valence-corrected chi connectivity index (χ2v) is 10.6. The van der Waals surface area contributed by atoms with Gasteiger partial charge in [0.05, 0.1) is 6.10 Å². The topological polar surface area (TPSA) is 9.23 Å². The van der Waals surface area contributed by atoms with Crippen LogP contribution in [-0.2, 0) is 4.43 Å². The molecule has 0 saturated carbocycles. The highest BCUT2D eigenvalue weighted by Gasteiger charge is 2.45. The molecule has 1 aliphatic rings. The summed E-state index contributed by atoms with van der Waals surface area (Å²) in [4.78, 5) is 0. The Bertz CT molecular complexity index is 567. The molecule has 3 rings (SSSR count). The van der Waals surface area contributed by atoms with Gasteiger partial charge < -0.3 is 4.43 Å². The van der Waals surface area contributed by atoms with Crippen molar-refractivity contribution in [2.24, 2.45) is 0 Å². The average Bonchev–Trinajstić information content (AvgIpc) is 2.56. The number of hydrogen-bond donors (Lipinski definition) is 0. The molecule has 2 unspecified atom stereocenters. The molecule has 0 bridgehead atoms. The normalized spacial score (nSPS) is 26.0. The fraction of sp³-hybridized carbons (Fsp3) is 0.368. The predicted octanol–water partition coefficient (Wildman–Crippen LogP) is 4.80. The molecule has 0 aliphatic carbocycles. The van der Waals surface area contributed by atoms with Crippen molar-refractivity contribution in [2.45, 2.75) is 44.4 Å². The van der Waals surface area contributed by atoms with Crippen LogP contribution in [-0.4, -0.2) is 8.32 Å². The second-order valence-electron chi connectivity index (χ2n) is 6.32. The monoisotopic (exact) mass is 296 g/mol. The largest absolute Gasteiger partial charge is 0.405 e. The van der Waals surface area contributed by atoms with E-state index in [0.29, 0.717) is 5.54 Å².